The van der Waals surface area contributed by atoms with E-state index in [4.69, 9.17) is 11.6 Å². The summed E-state index contributed by atoms with van der Waals surface area (Å²) in [5.74, 6) is -0.150. The van der Waals surface area contributed by atoms with Crippen molar-refractivity contribution in [3.05, 3.63) is 29.3 Å². The highest BCUT2D eigenvalue weighted by molar-refractivity contribution is 6.30. The molecule has 1 aromatic rings. The van der Waals surface area contributed by atoms with Gasteiger partial charge in [-0.1, -0.05) is 30.5 Å². The summed E-state index contributed by atoms with van der Waals surface area (Å²) in [6, 6.07) is 6.09. The number of rotatable bonds is 4. The fourth-order valence-corrected chi connectivity index (χ4v) is 2.58. The molecule has 0 aliphatic heterocycles. The number of amides is 3. The van der Waals surface area contributed by atoms with E-state index in [-0.39, 0.29) is 11.9 Å². The smallest absolute Gasteiger partial charge is 0.319 e. The Morgan fingerprint density at radius 1 is 1.29 bits per heavy atom. The third kappa shape index (κ3) is 4.93. The molecule has 1 fully saturated rings. The van der Waals surface area contributed by atoms with E-state index in [9.17, 15) is 9.59 Å². The van der Waals surface area contributed by atoms with Crippen molar-refractivity contribution in [2.24, 2.45) is 0 Å². The van der Waals surface area contributed by atoms with Gasteiger partial charge in [-0.3, -0.25) is 4.79 Å². The highest BCUT2D eigenvalue weighted by atomic mass is 35.5. The molecular formula is C15H20ClN3O2. The lowest BCUT2D eigenvalue weighted by molar-refractivity contribution is -0.123. The average Bonchev–Trinajstić information content (AvgIpc) is 2.91. The summed E-state index contributed by atoms with van der Waals surface area (Å²) < 4.78 is 0. The lowest BCUT2D eigenvalue weighted by atomic mass is 10.2. The summed E-state index contributed by atoms with van der Waals surface area (Å²) in [5.41, 5.74) is 0.586. The van der Waals surface area contributed by atoms with Gasteiger partial charge >= 0.3 is 6.03 Å². The number of nitrogens with one attached hydrogen (secondary N) is 3. The molecule has 0 saturated heterocycles. The predicted molar refractivity (Wildman–Crippen MR) is 83.5 cm³/mol. The van der Waals surface area contributed by atoms with E-state index in [2.05, 4.69) is 16.0 Å². The SMILES string of the molecule is C[C@H](NC(=O)Nc1cccc(Cl)c1)C(=O)NC1CCCC1. The van der Waals surface area contributed by atoms with Gasteiger partial charge in [0, 0.05) is 16.8 Å². The van der Waals surface area contributed by atoms with Crippen LogP contribution in [0, 0.1) is 0 Å². The summed E-state index contributed by atoms with van der Waals surface area (Å²) in [7, 11) is 0. The highest BCUT2D eigenvalue weighted by Crippen LogP contribution is 2.17. The molecule has 0 bridgehead atoms. The number of anilines is 1. The number of urea groups is 1. The second-order valence-electron chi connectivity index (χ2n) is 5.32. The molecule has 6 heteroatoms. The molecule has 114 valence electrons. The van der Waals surface area contributed by atoms with Crippen molar-refractivity contribution in [2.45, 2.75) is 44.7 Å². The molecule has 1 aromatic carbocycles. The molecule has 5 nitrogen and oxygen atoms in total. The van der Waals surface area contributed by atoms with E-state index < -0.39 is 12.1 Å². The fraction of sp³-hybridized carbons (Fsp3) is 0.467. The molecule has 3 N–H and O–H groups in total. The molecule has 0 radical (unpaired) electrons. The zero-order valence-corrected chi connectivity index (χ0v) is 12.7. The summed E-state index contributed by atoms with van der Waals surface area (Å²) >= 11 is 5.84. The summed E-state index contributed by atoms with van der Waals surface area (Å²) in [6.07, 6.45) is 4.35. The molecule has 0 heterocycles. The van der Waals surface area contributed by atoms with Crippen LogP contribution >= 0.6 is 11.6 Å². The monoisotopic (exact) mass is 309 g/mol. The molecule has 0 unspecified atom stereocenters. The van der Waals surface area contributed by atoms with Crippen molar-refractivity contribution in [1.29, 1.82) is 0 Å². The molecule has 2 rings (SSSR count). The molecule has 1 aliphatic carbocycles. The first-order valence-corrected chi connectivity index (χ1v) is 7.56. The third-order valence-corrected chi connectivity index (χ3v) is 3.76. The quantitative estimate of drug-likeness (QED) is 0.800. The Morgan fingerprint density at radius 3 is 2.67 bits per heavy atom. The molecule has 1 aliphatic rings. The largest absolute Gasteiger partial charge is 0.352 e. The van der Waals surface area contributed by atoms with E-state index >= 15 is 0 Å². The van der Waals surface area contributed by atoms with E-state index in [0.717, 1.165) is 25.7 Å². The van der Waals surface area contributed by atoms with Crippen LogP contribution < -0.4 is 16.0 Å². The Bertz CT molecular complexity index is 515. The Morgan fingerprint density at radius 2 is 2.00 bits per heavy atom. The van der Waals surface area contributed by atoms with Crippen LogP contribution in [0.2, 0.25) is 5.02 Å². The number of benzene rings is 1. The van der Waals surface area contributed by atoms with Gasteiger partial charge in [-0.2, -0.15) is 0 Å². The Labute approximate surface area is 129 Å². The van der Waals surface area contributed by atoms with Crippen molar-refractivity contribution >= 4 is 29.2 Å². The second kappa shape index (κ2) is 7.31. The van der Waals surface area contributed by atoms with Crippen LogP contribution in [-0.2, 0) is 4.79 Å². The lowest BCUT2D eigenvalue weighted by Gasteiger charge is -2.18. The lowest BCUT2D eigenvalue weighted by Crippen LogP contribution is -2.48. The van der Waals surface area contributed by atoms with Gasteiger partial charge in [-0.25, -0.2) is 4.79 Å². The first kappa shape index (κ1) is 15.6. The van der Waals surface area contributed by atoms with Crippen LogP contribution in [0.1, 0.15) is 32.6 Å². The van der Waals surface area contributed by atoms with Crippen molar-refractivity contribution in [1.82, 2.24) is 10.6 Å². The molecule has 21 heavy (non-hydrogen) atoms. The van der Waals surface area contributed by atoms with Gasteiger partial charge in [0.2, 0.25) is 5.91 Å². The number of carbonyl (C=O) groups is 2. The summed E-state index contributed by atoms with van der Waals surface area (Å²) in [4.78, 5) is 23.8. The first-order chi connectivity index (χ1) is 10.0. The van der Waals surface area contributed by atoms with Crippen LogP contribution in [0.5, 0.6) is 0 Å². The maximum Gasteiger partial charge on any atom is 0.319 e. The number of hydrogen-bond acceptors (Lipinski definition) is 2. The number of halogens is 1. The van der Waals surface area contributed by atoms with E-state index in [0.29, 0.717) is 10.7 Å². The number of carbonyl (C=O) groups excluding carboxylic acids is 2. The maximum atomic E-state index is 12.0. The van der Waals surface area contributed by atoms with Gasteiger partial charge in [0.25, 0.3) is 0 Å². The fourth-order valence-electron chi connectivity index (χ4n) is 2.39. The minimum Gasteiger partial charge on any atom is -0.352 e. The van der Waals surface area contributed by atoms with Gasteiger partial charge in [0.15, 0.2) is 0 Å². The Kier molecular flexibility index (Phi) is 5.44. The van der Waals surface area contributed by atoms with Crippen LogP contribution in [0.3, 0.4) is 0 Å². The average molecular weight is 310 g/mol. The van der Waals surface area contributed by atoms with Crippen molar-refractivity contribution in [2.75, 3.05) is 5.32 Å². The summed E-state index contributed by atoms with van der Waals surface area (Å²) in [6.45, 7) is 1.67. The van der Waals surface area contributed by atoms with Gasteiger partial charge in [-0.15, -0.1) is 0 Å². The Hall–Kier alpha value is -1.75. The Balaban J connectivity index is 1.79. The summed E-state index contributed by atoms with van der Waals surface area (Å²) in [5, 5.41) is 8.76. The minimum atomic E-state index is -0.579. The normalized spacial score (nSPS) is 16.3. The van der Waals surface area contributed by atoms with Gasteiger partial charge < -0.3 is 16.0 Å². The molecule has 0 aromatic heterocycles. The van der Waals surface area contributed by atoms with Gasteiger partial charge in [0.1, 0.15) is 6.04 Å². The maximum absolute atomic E-state index is 12.0. The first-order valence-electron chi connectivity index (χ1n) is 7.18. The van der Waals surface area contributed by atoms with Crippen LogP contribution in [0.4, 0.5) is 10.5 Å². The molecular weight excluding hydrogens is 290 g/mol. The van der Waals surface area contributed by atoms with E-state index in [1.165, 1.54) is 0 Å². The van der Waals surface area contributed by atoms with Gasteiger partial charge in [0.05, 0.1) is 0 Å². The second-order valence-corrected chi connectivity index (χ2v) is 5.76. The topological polar surface area (TPSA) is 70.2 Å². The van der Waals surface area contributed by atoms with E-state index in [1.807, 2.05) is 0 Å². The van der Waals surface area contributed by atoms with Crippen LogP contribution in [-0.4, -0.2) is 24.0 Å². The molecule has 1 atom stereocenters. The highest BCUT2D eigenvalue weighted by Gasteiger charge is 2.21. The predicted octanol–water partition coefficient (Wildman–Crippen LogP) is 2.91. The van der Waals surface area contributed by atoms with Crippen LogP contribution in [0.15, 0.2) is 24.3 Å². The molecule has 3 amide bonds. The zero-order valence-electron chi connectivity index (χ0n) is 12.0. The minimum absolute atomic E-state index is 0.150. The van der Waals surface area contributed by atoms with E-state index in [1.54, 1.807) is 31.2 Å². The van der Waals surface area contributed by atoms with Crippen molar-refractivity contribution in [3.63, 3.8) is 0 Å². The van der Waals surface area contributed by atoms with Gasteiger partial charge in [-0.05, 0) is 38.0 Å². The van der Waals surface area contributed by atoms with Crippen molar-refractivity contribution < 1.29 is 9.59 Å². The molecule has 0 spiro atoms. The standard InChI is InChI=1S/C15H20ClN3O2/c1-10(14(20)18-12-6-2-3-7-12)17-15(21)19-13-8-4-5-11(16)9-13/h4-5,8-10,12H,2-3,6-7H2,1H3,(H,18,20)(H2,17,19,21)/t10-/m0/s1. The third-order valence-electron chi connectivity index (χ3n) is 3.52. The molecule has 1 saturated carbocycles. The zero-order chi connectivity index (χ0) is 15.2. The number of hydrogen-bond donors (Lipinski definition) is 3. The van der Waals surface area contributed by atoms with Crippen molar-refractivity contribution in [3.8, 4) is 0 Å². The van der Waals surface area contributed by atoms with Crippen LogP contribution in [0.25, 0.3) is 0 Å².